The Labute approximate surface area is 169 Å². The van der Waals surface area contributed by atoms with E-state index in [2.05, 4.69) is 24.5 Å². The molecule has 0 spiro atoms. The molecule has 0 atom stereocenters. The van der Waals surface area contributed by atoms with Gasteiger partial charge in [-0.05, 0) is 54.8 Å². The molecule has 6 heteroatoms. The number of carbonyl (C=O) groups is 1. The second-order valence-electron chi connectivity index (χ2n) is 7.54. The maximum atomic E-state index is 13.0. The molecule has 0 saturated heterocycles. The molecule has 1 aliphatic carbocycles. The summed E-state index contributed by atoms with van der Waals surface area (Å²) in [5.74, 6) is -0.0799. The molecule has 0 radical (unpaired) electrons. The lowest BCUT2D eigenvalue weighted by Crippen LogP contribution is -2.22. The first-order chi connectivity index (χ1) is 14.3. The van der Waals surface area contributed by atoms with Gasteiger partial charge in [0.1, 0.15) is 0 Å². The normalized spacial score (nSPS) is 14.5. The molecule has 0 aliphatic heterocycles. The van der Waals surface area contributed by atoms with Crippen LogP contribution in [0.4, 0.5) is 0 Å². The van der Waals surface area contributed by atoms with Crippen LogP contribution in [0.1, 0.15) is 47.6 Å². The number of hydrogen-bond donors (Lipinski definition) is 1. The summed E-state index contributed by atoms with van der Waals surface area (Å²) in [5.41, 5.74) is 4.66. The molecule has 0 bridgehead atoms. The average molecular weight is 385 g/mol. The smallest absolute Gasteiger partial charge is 0.253 e. The Morgan fingerprint density at radius 2 is 1.86 bits per heavy atom. The molecule has 0 aromatic carbocycles. The number of amides is 1. The fourth-order valence-electron chi connectivity index (χ4n) is 4.27. The van der Waals surface area contributed by atoms with E-state index in [1.165, 1.54) is 12.8 Å². The van der Waals surface area contributed by atoms with E-state index in [9.17, 15) is 4.79 Å². The summed E-state index contributed by atoms with van der Waals surface area (Å²) in [6.07, 6.45) is 12.2. The summed E-state index contributed by atoms with van der Waals surface area (Å²) in [6.45, 7) is 0.473. The van der Waals surface area contributed by atoms with Crippen LogP contribution in [0.5, 0.6) is 0 Å². The third-order valence-corrected chi connectivity index (χ3v) is 5.73. The monoisotopic (exact) mass is 385 g/mol. The fourth-order valence-corrected chi connectivity index (χ4v) is 4.27. The first-order valence-electron chi connectivity index (χ1n) is 10.1. The van der Waals surface area contributed by atoms with Crippen LogP contribution >= 0.6 is 0 Å². The van der Waals surface area contributed by atoms with Crippen molar-refractivity contribution in [3.63, 3.8) is 0 Å². The van der Waals surface area contributed by atoms with Crippen molar-refractivity contribution in [3.05, 3.63) is 78.4 Å². The van der Waals surface area contributed by atoms with Gasteiger partial charge in [0.2, 0.25) is 0 Å². The molecule has 1 fully saturated rings. The van der Waals surface area contributed by atoms with E-state index in [0.29, 0.717) is 18.2 Å². The van der Waals surface area contributed by atoms with Crippen molar-refractivity contribution in [1.29, 1.82) is 0 Å². The molecule has 1 amide bonds. The third kappa shape index (κ3) is 3.31. The molecule has 0 unspecified atom stereocenters. The van der Waals surface area contributed by atoms with Crippen LogP contribution in [0.3, 0.4) is 0 Å². The highest BCUT2D eigenvalue weighted by Gasteiger charge is 2.23. The predicted molar refractivity (Wildman–Crippen MR) is 112 cm³/mol. The van der Waals surface area contributed by atoms with Gasteiger partial charge >= 0.3 is 0 Å². The molecular weight excluding hydrogens is 362 g/mol. The fraction of sp³-hybridized carbons (Fsp3) is 0.261. The lowest BCUT2D eigenvalue weighted by Gasteiger charge is -2.14. The van der Waals surface area contributed by atoms with Gasteiger partial charge in [0.25, 0.3) is 5.91 Å². The summed E-state index contributed by atoms with van der Waals surface area (Å²) in [7, 11) is 0. The van der Waals surface area contributed by atoms with Gasteiger partial charge in [-0.15, -0.1) is 0 Å². The number of carbonyl (C=O) groups excluding carboxylic acids is 1. The molecule has 146 valence electrons. The highest BCUT2D eigenvalue weighted by molar-refractivity contribution is 6.02. The van der Waals surface area contributed by atoms with Crippen molar-refractivity contribution >= 4 is 11.4 Å². The third-order valence-electron chi connectivity index (χ3n) is 5.73. The van der Waals surface area contributed by atoms with Crippen molar-refractivity contribution < 1.29 is 4.79 Å². The zero-order valence-corrected chi connectivity index (χ0v) is 16.2. The highest BCUT2D eigenvalue weighted by Crippen LogP contribution is 2.34. The van der Waals surface area contributed by atoms with Crippen molar-refractivity contribution in [1.82, 2.24) is 24.5 Å². The van der Waals surface area contributed by atoms with Gasteiger partial charge in [-0.3, -0.25) is 14.5 Å². The van der Waals surface area contributed by atoms with Crippen LogP contribution in [0.25, 0.3) is 16.9 Å². The standard InChI is InChI=1S/C23H23N5O/c29-23(25-16-17-8-11-24-12-9-17)19-15-22(27-14-4-3-7-20(19)27)21-10-13-26-28(21)18-5-1-2-6-18/h3-4,7-15,18H,1-2,5-6,16H2,(H,25,29). The number of fused-ring (bicyclic) bond motifs is 1. The van der Waals surface area contributed by atoms with Gasteiger partial charge in [0.05, 0.1) is 28.5 Å². The van der Waals surface area contributed by atoms with E-state index in [1.807, 2.05) is 54.9 Å². The van der Waals surface area contributed by atoms with E-state index >= 15 is 0 Å². The first kappa shape index (κ1) is 17.7. The molecular formula is C23H23N5O. The summed E-state index contributed by atoms with van der Waals surface area (Å²) in [5, 5.41) is 7.64. The van der Waals surface area contributed by atoms with Crippen LogP contribution in [0.2, 0.25) is 0 Å². The van der Waals surface area contributed by atoms with Crippen molar-refractivity contribution in [2.75, 3.05) is 0 Å². The lowest BCUT2D eigenvalue weighted by atomic mass is 10.2. The zero-order valence-electron chi connectivity index (χ0n) is 16.2. The van der Waals surface area contributed by atoms with Crippen molar-refractivity contribution in [2.24, 2.45) is 0 Å². The van der Waals surface area contributed by atoms with Crippen molar-refractivity contribution in [2.45, 2.75) is 38.3 Å². The Morgan fingerprint density at radius 1 is 1.03 bits per heavy atom. The summed E-state index contributed by atoms with van der Waals surface area (Å²) < 4.78 is 4.23. The Balaban J connectivity index is 1.50. The molecule has 29 heavy (non-hydrogen) atoms. The quantitative estimate of drug-likeness (QED) is 0.559. The second-order valence-corrected chi connectivity index (χ2v) is 7.54. The molecule has 6 nitrogen and oxygen atoms in total. The number of rotatable bonds is 5. The molecule has 4 aromatic rings. The van der Waals surface area contributed by atoms with Crippen LogP contribution in [-0.4, -0.2) is 25.1 Å². The molecule has 1 aliphatic rings. The number of aromatic nitrogens is 4. The Morgan fingerprint density at radius 3 is 2.69 bits per heavy atom. The maximum Gasteiger partial charge on any atom is 0.253 e. The topological polar surface area (TPSA) is 64.2 Å². The first-order valence-corrected chi connectivity index (χ1v) is 10.1. The summed E-state index contributed by atoms with van der Waals surface area (Å²) in [6, 6.07) is 14.2. The minimum atomic E-state index is -0.0799. The van der Waals surface area contributed by atoms with Gasteiger partial charge in [0, 0.05) is 31.3 Å². The molecule has 1 saturated carbocycles. The second kappa shape index (κ2) is 7.54. The zero-order chi connectivity index (χ0) is 19.6. The van der Waals surface area contributed by atoms with E-state index < -0.39 is 0 Å². The molecule has 5 rings (SSSR count). The molecule has 4 aromatic heterocycles. The van der Waals surface area contributed by atoms with E-state index in [1.54, 1.807) is 12.4 Å². The SMILES string of the molecule is O=C(NCc1ccncc1)c1cc(-c2ccnn2C2CCCC2)n2ccccc12. The van der Waals surface area contributed by atoms with Crippen LogP contribution in [0, 0.1) is 0 Å². The van der Waals surface area contributed by atoms with Gasteiger partial charge < -0.3 is 9.72 Å². The number of nitrogens with zero attached hydrogens (tertiary/aromatic N) is 4. The van der Waals surface area contributed by atoms with Crippen LogP contribution in [-0.2, 0) is 6.54 Å². The summed E-state index contributed by atoms with van der Waals surface area (Å²) in [4.78, 5) is 17.0. The Hall–Kier alpha value is -3.41. The molecule has 4 heterocycles. The number of pyridine rings is 2. The minimum Gasteiger partial charge on any atom is -0.348 e. The number of hydrogen-bond acceptors (Lipinski definition) is 3. The highest BCUT2D eigenvalue weighted by atomic mass is 16.1. The largest absolute Gasteiger partial charge is 0.348 e. The minimum absolute atomic E-state index is 0.0799. The Bertz CT molecular complexity index is 1140. The van der Waals surface area contributed by atoms with E-state index in [-0.39, 0.29) is 5.91 Å². The summed E-state index contributed by atoms with van der Waals surface area (Å²) >= 11 is 0. The van der Waals surface area contributed by atoms with Gasteiger partial charge in [-0.2, -0.15) is 5.10 Å². The molecule has 1 N–H and O–H groups in total. The van der Waals surface area contributed by atoms with Gasteiger partial charge in [-0.25, -0.2) is 0 Å². The average Bonchev–Trinajstić information content (AvgIpc) is 3.51. The Kier molecular flexibility index (Phi) is 4.60. The van der Waals surface area contributed by atoms with E-state index in [0.717, 1.165) is 35.3 Å². The van der Waals surface area contributed by atoms with Gasteiger partial charge in [0.15, 0.2) is 0 Å². The van der Waals surface area contributed by atoms with Gasteiger partial charge in [-0.1, -0.05) is 18.9 Å². The predicted octanol–water partition coefficient (Wildman–Crippen LogP) is 4.24. The van der Waals surface area contributed by atoms with Crippen LogP contribution in [0.15, 0.2) is 67.3 Å². The van der Waals surface area contributed by atoms with E-state index in [4.69, 9.17) is 0 Å². The maximum absolute atomic E-state index is 13.0. The van der Waals surface area contributed by atoms with Crippen molar-refractivity contribution in [3.8, 4) is 11.4 Å². The lowest BCUT2D eigenvalue weighted by molar-refractivity contribution is 0.0952. The number of nitrogens with one attached hydrogen (secondary N) is 1. The van der Waals surface area contributed by atoms with Crippen LogP contribution < -0.4 is 5.32 Å².